The summed E-state index contributed by atoms with van der Waals surface area (Å²) in [5.74, 6) is 0. The summed E-state index contributed by atoms with van der Waals surface area (Å²) in [5, 5.41) is 2.29. The van der Waals surface area contributed by atoms with Gasteiger partial charge in [-0.1, -0.05) is 54.1 Å². The minimum absolute atomic E-state index is 1.01. The summed E-state index contributed by atoms with van der Waals surface area (Å²) in [6.45, 7) is 2.12. The Labute approximate surface area is 193 Å². The summed E-state index contributed by atoms with van der Waals surface area (Å²) >= 11 is 0. The van der Waals surface area contributed by atoms with Crippen LogP contribution in [0, 0.1) is 6.92 Å². The van der Waals surface area contributed by atoms with E-state index < -0.39 is 0 Å². The van der Waals surface area contributed by atoms with Crippen LogP contribution in [0.1, 0.15) is 5.56 Å². The van der Waals surface area contributed by atoms with Crippen molar-refractivity contribution >= 4 is 21.8 Å². The third-order valence-corrected chi connectivity index (χ3v) is 6.19. The molecule has 2 heterocycles. The first kappa shape index (κ1) is 19.4. The van der Waals surface area contributed by atoms with Crippen LogP contribution in [0.3, 0.4) is 0 Å². The number of nitrogens with zero attached hydrogens (tertiary/aromatic N) is 2. The topological polar surface area (TPSA) is 25.8 Å². The average Bonchev–Trinajstić information content (AvgIpc) is 2.88. The first-order valence-electron chi connectivity index (χ1n) is 11.2. The molecule has 0 radical (unpaired) electrons. The largest absolute Gasteiger partial charge is 0.256 e. The van der Waals surface area contributed by atoms with E-state index in [2.05, 4.69) is 108 Å². The Bertz CT molecular complexity index is 1520. The summed E-state index contributed by atoms with van der Waals surface area (Å²) in [7, 11) is 0. The maximum Gasteiger partial charge on any atom is 0.0702 e. The van der Waals surface area contributed by atoms with Crippen molar-refractivity contribution in [3.63, 3.8) is 0 Å². The van der Waals surface area contributed by atoms with Gasteiger partial charge in [0, 0.05) is 23.2 Å². The van der Waals surface area contributed by atoms with Gasteiger partial charge in [0.05, 0.1) is 11.0 Å². The molecular formula is C31H22N2. The maximum absolute atomic E-state index is 4.48. The number of aryl methyl sites for hydroxylation is 1. The third-order valence-electron chi connectivity index (χ3n) is 6.19. The number of pyridine rings is 2. The van der Waals surface area contributed by atoms with Gasteiger partial charge in [0.15, 0.2) is 0 Å². The van der Waals surface area contributed by atoms with Crippen molar-refractivity contribution in [1.29, 1.82) is 0 Å². The number of hydrogen-bond donors (Lipinski definition) is 0. The van der Waals surface area contributed by atoms with Crippen LogP contribution < -0.4 is 0 Å². The highest BCUT2D eigenvalue weighted by atomic mass is 14.6. The summed E-state index contributed by atoms with van der Waals surface area (Å²) in [4.78, 5) is 8.96. The molecule has 0 spiro atoms. The molecule has 0 amide bonds. The van der Waals surface area contributed by atoms with Crippen LogP contribution in [0.2, 0.25) is 0 Å². The Morgan fingerprint density at radius 3 is 1.39 bits per heavy atom. The van der Waals surface area contributed by atoms with E-state index in [1.54, 1.807) is 0 Å². The molecule has 0 aliphatic rings. The van der Waals surface area contributed by atoms with Gasteiger partial charge in [-0.2, -0.15) is 0 Å². The molecule has 0 aliphatic carbocycles. The predicted molar refractivity (Wildman–Crippen MR) is 138 cm³/mol. The van der Waals surface area contributed by atoms with Crippen molar-refractivity contribution in [3.8, 4) is 33.4 Å². The summed E-state index contributed by atoms with van der Waals surface area (Å²) in [6, 6.07) is 36.8. The Morgan fingerprint density at radius 1 is 0.424 bits per heavy atom. The van der Waals surface area contributed by atoms with Gasteiger partial charge < -0.3 is 0 Å². The molecule has 6 rings (SSSR count). The lowest BCUT2D eigenvalue weighted by atomic mass is 9.92. The van der Waals surface area contributed by atoms with Gasteiger partial charge in [0.25, 0.3) is 0 Å². The van der Waals surface area contributed by atoms with Crippen molar-refractivity contribution in [2.75, 3.05) is 0 Å². The zero-order valence-electron chi connectivity index (χ0n) is 18.4. The third kappa shape index (κ3) is 3.77. The summed E-state index contributed by atoms with van der Waals surface area (Å²) in [5.41, 5.74) is 10.5. The van der Waals surface area contributed by atoms with Crippen molar-refractivity contribution in [2.45, 2.75) is 6.92 Å². The van der Waals surface area contributed by atoms with E-state index >= 15 is 0 Å². The number of rotatable bonds is 3. The fourth-order valence-corrected chi connectivity index (χ4v) is 4.38. The van der Waals surface area contributed by atoms with Gasteiger partial charge in [-0.15, -0.1) is 0 Å². The number of fused-ring (bicyclic) bond motifs is 2. The molecule has 0 fully saturated rings. The van der Waals surface area contributed by atoms with Gasteiger partial charge in [-0.05, 0) is 94.9 Å². The smallest absolute Gasteiger partial charge is 0.0702 e. The van der Waals surface area contributed by atoms with Crippen LogP contribution in [0.4, 0.5) is 0 Å². The molecule has 2 heteroatoms. The summed E-state index contributed by atoms with van der Waals surface area (Å²) in [6.07, 6.45) is 3.68. The van der Waals surface area contributed by atoms with Crippen LogP contribution in [-0.2, 0) is 0 Å². The van der Waals surface area contributed by atoms with E-state index in [1.807, 2.05) is 24.5 Å². The lowest BCUT2D eigenvalue weighted by Gasteiger charge is -2.12. The lowest BCUT2D eigenvalue weighted by molar-refractivity contribution is 1.41. The molecule has 4 aromatic carbocycles. The van der Waals surface area contributed by atoms with E-state index in [0.717, 1.165) is 21.8 Å². The second-order valence-corrected chi connectivity index (χ2v) is 8.49. The van der Waals surface area contributed by atoms with E-state index in [9.17, 15) is 0 Å². The molecule has 6 aromatic rings. The maximum atomic E-state index is 4.48. The second-order valence-electron chi connectivity index (χ2n) is 8.49. The fourth-order valence-electron chi connectivity index (χ4n) is 4.38. The first-order chi connectivity index (χ1) is 16.2. The minimum Gasteiger partial charge on any atom is -0.256 e. The van der Waals surface area contributed by atoms with Crippen LogP contribution in [0.5, 0.6) is 0 Å². The van der Waals surface area contributed by atoms with Crippen LogP contribution in [0.15, 0.2) is 116 Å². The van der Waals surface area contributed by atoms with Gasteiger partial charge in [-0.25, -0.2) is 0 Å². The fraction of sp³-hybridized carbons (Fsp3) is 0.0323. The molecule has 0 aliphatic heterocycles. The van der Waals surface area contributed by atoms with Crippen molar-refractivity contribution in [3.05, 3.63) is 121 Å². The van der Waals surface area contributed by atoms with Gasteiger partial charge in [-0.3, -0.25) is 9.97 Å². The molecular weight excluding hydrogens is 400 g/mol. The number of aromatic nitrogens is 2. The predicted octanol–water partition coefficient (Wildman–Crippen LogP) is 8.09. The molecule has 0 atom stereocenters. The molecule has 0 saturated heterocycles. The number of benzene rings is 4. The van der Waals surface area contributed by atoms with Crippen molar-refractivity contribution in [2.24, 2.45) is 0 Å². The number of hydrogen-bond acceptors (Lipinski definition) is 2. The summed E-state index contributed by atoms with van der Waals surface area (Å²) < 4.78 is 0. The highest BCUT2D eigenvalue weighted by Gasteiger charge is 2.09. The van der Waals surface area contributed by atoms with Crippen molar-refractivity contribution < 1.29 is 0 Å². The van der Waals surface area contributed by atoms with E-state index in [0.29, 0.717) is 0 Å². The molecule has 0 bridgehead atoms. The Morgan fingerprint density at radius 2 is 0.879 bits per heavy atom. The van der Waals surface area contributed by atoms with Crippen molar-refractivity contribution in [1.82, 2.24) is 9.97 Å². The Balaban J connectivity index is 1.56. The van der Waals surface area contributed by atoms with E-state index in [1.165, 1.54) is 38.9 Å². The Kier molecular flexibility index (Phi) is 4.70. The standard InChI is InChI=1S/C31H22N2/c1-21-6-8-22(9-7-21)27-18-28(23-10-12-30-25(16-23)4-2-14-32-30)20-29(19-27)24-11-13-31-26(17-24)5-3-15-33-31/h2-20H,1H3. The van der Waals surface area contributed by atoms with Crippen LogP contribution in [-0.4, -0.2) is 9.97 Å². The molecule has 156 valence electrons. The van der Waals surface area contributed by atoms with Crippen LogP contribution >= 0.6 is 0 Å². The first-order valence-corrected chi connectivity index (χ1v) is 11.2. The van der Waals surface area contributed by atoms with E-state index in [-0.39, 0.29) is 0 Å². The van der Waals surface area contributed by atoms with Crippen LogP contribution in [0.25, 0.3) is 55.2 Å². The average molecular weight is 423 g/mol. The molecule has 2 nitrogen and oxygen atoms in total. The Hall–Kier alpha value is -4.30. The highest BCUT2D eigenvalue weighted by molar-refractivity contribution is 5.89. The lowest BCUT2D eigenvalue weighted by Crippen LogP contribution is -1.88. The molecule has 33 heavy (non-hydrogen) atoms. The second kappa shape index (κ2) is 7.99. The normalized spacial score (nSPS) is 11.2. The molecule has 0 saturated carbocycles. The monoisotopic (exact) mass is 422 g/mol. The van der Waals surface area contributed by atoms with E-state index in [4.69, 9.17) is 0 Å². The van der Waals surface area contributed by atoms with Gasteiger partial charge in [0.1, 0.15) is 0 Å². The molecule has 2 aromatic heterocycles. The SMILES string of the molecule is Cc1ccc(-c2cc(-c3ccc4ncccc4c3)cc(-c3ccc4ncccc4c3)c2)cc1. The molecule has 0 unspecified atom stereocenters. The minimum atomic E-state index is 1.01. The molecule has 0 N–H and O–H groups in total. The zero-order valence-corrected chi connectivity index (χ0v) is 18.4. The van der Waals surface area contributed by atoms with Gasteiger partial charge >= 0.3 is 0 Å². The quantitative estimate of drug-likeness (QED) is 0.288. The van der Waals surface area contributed by atoms with Gasteiger partial charge in [0.2, 0.25) is 0 Å². The zero-order chi connectivity index (χ0) is 22.2. The highest BCUT2D eigenvalue weighted by Crippen LogP contribution is 2.34.